The van der Waals surface area contributed by atoms with Crippen LogP contribution in [0.25, 0.3) is 0 Å². The van der Waals surface area contributed by atoms with Crippen molar-refractivity contribution in [2.24, 2.45) is 13.0 Å². The van der Waals surface area contributed by atoms with Gasteiger partial charge in [0.1, 0.15) is 16.3 Å². The molecule has 1 fully saturated rings. The number of hydrogen-bond acceptors (Lipinski definition) is 6. The van der Waals surface area contributed by atoms with Crippen LogP contribution in [0.4, 0.5) is 5.82 Å². The van der Waals surface area contributed by atoms with Crippen LogP contribution in [0, 0.1) is 26.7 Å². The molecule has 3 heterocycles. The highest BCUT2D eigenvalue weighted by atomic mass is 32.2. The van der Waals surface area contributed by atoms with E-state index in [1.54, 1.807) is 44.6 Å². The number of nitrogens with zero attached hydrogens (tertiary/aromatic N) is 3. The van der Waals surface area contributed by atoms with E-state index in [0.29, 0.717) is 30.0 Å². The Morgan fingerprint density at radius 3 is 2.56 bits per heavy atom. The summed E-state index contributed by atoms with van der Waals surface area (Å²) >= 11 is 0. The molecule has 0 aliphatic carbocycles. The smallest absolute Gasteiger partial charge is 0.341 e. The Morgan fingerprint density at radius 2 is 1.94 bits per heavy atom. The van der Waals surface area contributed by atoms with Crippen LogP contribution in [0.3, 0.4) is 0 Å². The Labute approximate surface area is 188 Å². The predicted molar refractivity (Wildman–Crippen MR) is 120 cm³/mol. The summed E-state index contributed by atoms with van der Waals surface area (Å²) in [7, 11) is -2.30. The minimum Gasteiger partial charge on any atom is -0.462 e. The highest BCUT2D eigenvalue weighted by Gasteiger charge is 2.39. The molecule has 32 heavy (non-hydrogen) atoms. The third-order valence-corrected chi connectivity index (χ3v) is 7.95. The summed E-state index contributed by atoms with van der Waals surface area (Å²) in [5.41, 5.74) is 2.02. The van der Waals surface area contributed by atoms with Gasteiger partial charge in [0.25, 0.3) is 0 Å². The number of hydrogen-bond donors (Lipinski definition) is 1. The monoisotopic (exact) mass is 462 g/mol. The van der Waals surface area contributed by atoms with Gasteiger partial charge in [-0.2, -0.15) is 4.31 Å². The van der Waals surface area contributed by atoms with Crippen molar-refractivity contribution < 1.29 is 22.7 Å². The summed E-state index contributed by atoms with van der Waals surface area (Å²) in [4.78, 5) is 29.5. The third kappa shape index (κ3) is 4.56. The maximum absolute atomic E-state index is 13.6. The van der Waals surface area contributed by atoms with Crippen LogP contribution in [0.5, 0.6) is 0 Å². The first kappa shape index (κ1) is 23.9. The van der Waals surface area contributed by atoms with Crippen LogP contribution in [0.1, 0.15) is 47.1 Å². The molecule has 174 valence electrons. The van der Waals surface area contributed by atoms with E-state index < -0.39 is 21.9 Å². The Balaban J connectivity index is 1.87. The fraction of sp³-hybridized carbons (Fsp3) is 0.500. The van der Waals surface area contributed by atoms with Crippen molar-refractivity contribution >= 4 is 27.7 Å². The molecule has 9 nitrogen and oxygen atoms in total. The van der Waals surface area contributed by atoms with Crippen LogP contribution in [-0.2, 0) is 26.6 Å². The minimum absolute atomic E-state index is 0.0374. The molecule has 2 aromatic rings. The fourth-order valence-corrected chi connectivity index (χ4v) is 5.95. The Hall–Kier alpha value is -2.72. The number of amides is 1. The molecule has 0 bridgehead atoms. The lowest BCUT2D eigenvalue weighted by atomic mass is 9.99. The highest BCUT2D eigenvalue weighted by Crippen LogP contribution is 2.32. The maximum atomic E-state index is 13.6. The first-order valence-electron chi connectivity index (χ1n) is 10.6. The summed E-state index contributed by atoms with van der Waals surface area (Å²) in [6, 6.07) is 3.56. The molecule has 1 amide bonds. The number of carbonyl (C=O) groups excluding carboxylic acids is 2. The fourth-order valence-electron chi connectivity index (χ4n) is 3.95. The summed E-state index contributed by atoms with van der Waals surface area (Å²) < 4.78 is 35.4. The van der Waals surface area contributed by atoms with Crippen molar-refractivity contribution in [1.29, 1.82) is 0 Å². The van der Waals surface area contributed by atoms with E-state index in [9.17, 15) is 18.0 Å². The van der Waals surface area contributed by atoms with E-state index in [0.717, 1.165) is 5.56 Å². The van der Waals surface area contributed by atoms with Gasteiger partial charge in [-0.15, -0.1) is 0 Å². The van der Waals surface area contributed by atoms with E-state index in [1.807, 2.05) is 13.0 Å². The largest absolute Gasteiger partial charge is 0.462 e. The number of aromatic nitrogens is 2. The van der Waals surface area contributed by atoms with Crippen LogP contribution in [0.2, 0.25) is 0 Å². The van der Waals surface area contributed by atoms with Crippen molar-refractivity contribution in [3.63, 3.8) is 0 Å². The number of esters is 1. The quantitative estimate of drug-likeness (QED) is 0.661. The van der Waals surface area contributed by atoms with Gasteiger partial charge in [0.2, 0.25) is 15.9 Å². The van der Waals surface area contributed by atoms with Crippen molar-refractivity contribution in [1.82, 2.24) is 13.9 Å². The molecule has 0 radical (unpaired) electrons. The Bertz CT molecular complexity index is 1120. The summed E-state index contributed by atoms with van der Waals surface area (Å²) in [5.74, 6) is -1.02. The number of carbonyl (C=O) groups is 2. The number of aryl methyl sites for hydroxylation is 1. The van der Waals surface area contributed by atoms with Crippen molar-refractivity contribution in [2.75, 3.05) is 25.0 Å². The summed E-state index contributed by atoms with van der Waals surface area (Å²) in [6.07, 6.45) is 2.77. The molecule has 0 unspecified atom stereocenters. The van der Waals surface area contributed by atoms with E-state index in [-0.39, 0.29) is 36.1 Å². The van der Waals surface area contributed by atoms with E-state index >= 15 is 0 Å². The first-order valence-corrected chi connectivity index (χ1v) is 12.1. The molecule has 0 aromatic carbocycles. The molecule has 0 spiro atoms. The molecule has 1 aliphatic rings. The van der Waals surface area contributed by atoms with Crippen molar-refractivity contribution in [3.8, 4) is 0 Å². The van der Waals surface area contributed by atoms with E-state index in [4.69, 9.17) is 4.74 Å². The zero-order chi connectivity index (χ0) is 23.6. The van der Waals surface area contributed by atoms with Crippen molar-refractivity contribution in [3.05, 3.63) is 40.8 Å². The summed E-state index contributed by atoms with van der Waals surface area (Å²) in [6.45, 7) is 7.40. The topological polar surface area (TPSA) is 111 Å². The van der Waals surface area contributed by atoms with Crippen LogP contribution < -0.4 is 5.32 Å². The molecule has 3 rings (SSSR count). The molecule has 1 aliphatic heterocycles. The molecule has 0 saturated carbocycles. The van der Waals surface area contributed by atoms with E-state index in [1.165, 1.54) is 4.31 Å². The van der Waals surface area contributed by atoms with Crippen molar-refractivity contribution in [2.45, 2.75) is 45.4 Å². The van der Waals surface area contributed by atoms with Gasteiger partial charge >= 0.3 is 5.97 Å². The normalized spacial score (nSPS) is 17.2. The lowest BCUT2D eigenvalue weighted by Gasteiger charge is -2.31. The van der Waals surface area contributed by atoms with Gasteiger partial charge in [-0.3, -0.25) is 4.79 Å². The first-order chi connectivity index (χ1) is 15.1. The molecule has 1 atom stereocenters. The third-order valence-electron chi connectivity index (χ3n) is 5.92. The molecular formula is C22H30N4O5S. The molecule has 1 N–H and O–H groups in total. The zero-order valence-electron chi connectivity index (χ0n) is 19.1. The predicted octanol–water partition coefficient (Wildman–Crippen LogP) is 2.56. The van der Waals surface area contributed by atoms with Gasteiger partial charge < -0.3 is 14.6 Å². The van der Waals surface area contributed by atoms with Crippen LogP contribution in [0.15, 0.2) is 23.2 Å². The number of ether oxygens (including phenoxy) is 1. The van der Waals surface area contributed by atoms with Gasteiger partial charge in [0, 0.05) is 37.7 Å². The van der Waals surface area contributed by atoms with Gasteiger partial charge in [-0.1, -0.05) is 6.07 Å². The van der Waals surface area contributed by atoms with Gasteiger partial charge in [-0.25, -0.2) is 18.2 Å². The number of sulfonamides is 1. The highest BCUT2D eigenvalue weighted by molar-refractivity contribution is 7.89. The van der Waals surface area contributed by atoms with Gasteiger partial charge in [0.05, 0.1) is 12.5 Å². The summed E-state index contributed by atoms with van der Waals surface area (Å²) in [5, 5.41) is 2.77. The second-order valence-electron chi connectivity index (χ2n) is 8.07. The number of nitrogens with one attached hydrogen (secondary N) is 1. The average Bonchev–Trinajstić information content (AvgIpc) is 3.00. The number of pyridine rings is 1. The van der Waals surface area contributed by atoms with E-state index in [2.05, 4.69) is 10.3 Å². The van der Waals surface area contributed by atoms with Crippen LogP contribution in [-0.4, -0.2) is 53.8 Å². The van der Waals surface area contributed by atoms with Gasteiger partial charge in [-0.05, 0) is 52.2 Å². The van der Waals surface area contributed by atoms with Crippen LogP contribution >= 0.6 is 0 Å². The lowest BCUT2D eigenvalue weighted by molar-refractivity contribution is -0.120. The SMILES string of the molecule is CCOC(=O)c1c(S(=O)(=O)N2CCC[C@H](C(=O)Nc3ccc(C)cn3)C2)c(C)n(C)c1C. The Morgan fingerprint density at radius 1 is 1.22 bits per heavy atom. The standard InChI is InChI=1S/C22H30N4O5S/c1-6-31-22(28)19-15(3)25(5)16(4)20(19)32(29,30)26-11-7-8-17(13-26)21(27)24-18-10-9-14(2)12-23-18/h9-10,12,17H,6-8,11,13H2,1-5H3,(H,23,24,27)/t17-/m0/s1. The molecular weight excluding hydrogens is 432 g/mol. The minimum atomic E-state index is -4.02. The number of anilines is 1. The molecule has 2 aromatic heterocycles. The lowest BCUT2D eigenvalue weighted by Crippen LogP contribution is -2.44. The molecule has 10 heteroatoms. The molecule has 1 saturated heterocycles. The maximum Gasteiger partial charge on any atom is 0.341 e. The second kappa shape index (κ2) is 9.41. The Kier molecular flexibility index (Phi) is 7.04. The van der Waals surface area contributed by atoms with Gasteiger partial charge in [0.15, 0.2) is 0 Å². The number of piperidine rings is 1. The average molecular weight is 463 g/mol. The second-order valence-corrected chi connectivity index (χ2v) is 9.94. The zero-order valence-corrected chi connectivity index (χ0v) is 20.0. The number of rotatable bonds is 6.